The molecule has 10 nitrogen and oxygen atoms in total. The molecule has 3 fully saturated rings. The molecule has 1 N–H and O–H groups in total. The Kier molecular flexibility index (Phi) is 7.47. The van der Waals surface area contributed by atoms with E-state index >= 15 is 0 Å². The Labute approximate surface area is 238 Å². The Bertz CT molecular complexity index is 1380. The molecular formula is C31H34N4O6. The van der Waals surface area contributed by atoms with Crippen LogP contribution < -0.4 is 10.1 Å². The summed E-state index contributed by atoms with van der Waals surface area (Å²) in [6.07, 6.45) is 4.15. The molecule has 5 amide bonds. The topological polar surface area (TPSA) is 116 Å². The summed E-state index contributed by atoms with van der Waals surface area (Å²) < 4.78 is 6.18. The van der Waals surface area contributed by atoms with Gasteiger partial charge in [-0.3, -0.25) is 29.3 Å². The zero-order chi connectivity index (χ0) is 28.5. The largest absolute Gasteiger partial charge is 0.491 e. The van der Waals surface area contributed by atoms with Crippen LogP contribution in [0.25, 0.3) is 0 Å². The first-order valence-corrected chi connectivity index (χ1v) is 14.4. The Morgan fingerprint density at radius 3 is 2.59 bits per heavy atom. The van der Waals surface area contributed by atoms with E-state index in [4.69, 9.17) is 4.74 Å². The molecule has 4 heterocycles. The van der Waals surface area contributed by atoms with E-state index in [9.17, 15) is 24.0 Å². The number of nitrogens with one attached hydrogen (secondary N) is 1. The Hall–Kier alpha value is -4.21. The van der Waals surface area contributed by atoms with Gasteiger partial charge in [0, 0.05) is 38.0 Å². The summed E-state index contributed by atoms with van der Waals surface area (Å²) in [4.78, 5) is 68.5. The molecule has 2 aromatic carbocycles. The molecule has 41 heavy (non-hydrogen) atoms. The molecule has 0 aliphatic carbocycles. The number of piperidine rings is 2. The highest BCUT2D eigenvalue weighted by molar-refractivity contribution is 6.05. The predicted molar refractivity (Wildman–Crippen MR) is 147 cm³/mol. The molecule has 0 spiro atoms. The number of hydrogen-bond donors (Lipinski definition) is 1. The summed E-state index contributed by atoms with van der Waals surface area (Å²) in [5.41, 5.74) is 2.31. The van der Waals surface area contributed by atoms with Gasteiger partial charge in [-0.25, -0.2) is 0 Å². The van der Waals surface area contributed by atoms with Gasteiger partial charge in [0.1, 0.15) is 24.4 Å². The molecular weight excluding hydrogens is 524 g/mol. The number of imide groups is 1. The van der Waals surface area contributed by atoms with E-state index in [-0.39, 0.29) is 42.6 Å². The standard InChI is InChI=1S/C31H34N4O6/c36-27-13-11-25(29(38)32-27)35-18-21-16-23(9-10-24(21)30(35)39)41-19-22-8-4-5-15-33(22)31(40)26-12-14-28(37)34(26)17-20-6-2-1-3-7-20/h1-3,6-7,9-10,16,22,25-26H,4-5,8,11-15,17-19H2,(H,32,36,38)/t22-,25?,26+/m1/s1. The molecule has 0 radical (unpaired) electrons. The summed E-state index contributed by atoms with van der Waals surface area (Å²) >= 11 is 0. The molecule has 2 aromatic rings. The van der Waals surface area contributed by atoms with E-state index in [0.29, 0.717) is 50.3 Å². The third-order valence-corrected chi connectivity index (χ3v) is 8.66. The third-order valence-electron chi connectivity index (χ3n) is 8.66. The molecule has 4 aliphatic rings. The first-order chi connectivity index (χ1) is 19.9. The van der Waals surface area contributed by atoms with Crippen LogP contribution >= 0.6 is 0 Å². The molecule has 6 rings (SSSR count). The normalized spacial score (nSPS) is 24.5. The fourth-order valence-electron chi connectivity index (χ4n) is 6.46. The van der Waals surface area contributed by atoms with Gasteiger partial charge < -0.3 is 19.4 Å². The van der Waals surface area contributed by atoms with E-state index in [1.165, 1.54) is 4.90 Å². The Morgan fingerprint density at radius 1 is 0.951 bits per heavy atom. The van der Waals surface area contributed by atoms with E-state index in [1.807, 2.05) is 41.3 Å². The van der Waals surface area contributed by atoms with Crippen LogP contribution in [0.1, 0.15) is 66.4 Å². The lowest BCUT2D eigenvalue weighted by atomic mass is 10.0. The number of hydrogen-bond acceptors (Lipinski definition) is 6. The van der Waals surface area contributed by atoms with Crippen molar-refractivity contribution in [2.75, 3.05) is 13.2 Å². The highest BCUT2D eigenvalue weighted by Gasteiger charge is 2.41. The van der Waals surface area contributed by atoms with Crippen molar-refractivity contribution in [2.45, 2.75) is 76.2 Å². The molecule has 0 saturated carbocycles. The lowest BCUT2D eigenvalue weighted by molar-refractivity contribution is -0.145. The molecule has 1 unspecified atom stereocenters. The van der Waals surface area contributed by atoms with Gasteiger partial charge in [0.25, 0.3) is 5.91 Å². The van der Waals surface area contributed by atoms with E-state index in [1.54, 1.807) is 17.0 Å². The number of rotatable bonds is 7. The van der Waals surface area contributed by atoms with Crippen LogP contribution in [0.2, 0.25) is 0 Å². The van der Waals surface area contributed by atoms with Crippen LogP contribution in [0.15, 0.2) is 48.5 Å². The second-order valence-electron chi connectivity index (χ2n) is 11.3. The maximum atomic E-state index is 13.8. The quantitative estimate of drug-likeness (QED) is 0.522. The number of benzene rings is 2. The van der Waals surface area contributed by atoms with E-state index < -0.39 is 18.0 Å². The van der Waals surface area contributed by atoms with Crippen LogP contribution in [-0.4, -0.2) is 75.5 Å². The Morgan fingerprint density at radius 2 is 1.78 bits per heavy atom. The van der Waals surface area contributed by atoms with Crippen molar-refractivity contribution >= 4 is 29.5 Å². The van der Waals surface area contributed by atoms with Gasteiger partial charge in [0.05, 0.1) is 6.04 Å². The van der Waals surface area contributed by atoms with E-state index in [2.05, 4.69) is 5.32 Å². The van der Waals surface area contributed by atoms with Gasteiger partial charge >= 0.3 is 0 Å². The second-order valence-corrected chi connectivity index (χ2v) is 11.3. The third kappa shape index (κ3) is 5.42. The van der Waals surface area contributed by atoms with Crippen LogP contribution in [0, 0.1) is 0 Å². The number of ether oxygens (including phenoxy) is 1. The maximum absolute atomic E-state index is 13.8. The number of amides is 5. The highest BCUT2D eigenvalue weighted by Crippen LogP contribution is 2.31. The van der Waals surface area contributed by atoms with Crippen LogP contribution in [0.3, 0.4) is 0 Å². The highest BCUT2D eigenvalue weighted by atomic mass is 16.5. The van der Waals surface area contributed by atoms with Crippen molar-refractivity contribution in [2.24, 2.45) is 0 Å². The SMILES string of the molecule is O=C1CCC(N2Cc3cc(OC[C@H]4CCCCN4C(=O)[C@@H]4CCC(=O)N4Cc4ccccc4)ccc3C2=O)C(=O)N1. The summed E-state index contributed by atoms with van der Waals surface area (Å²) in [7, 11) is 0. The van der Waals surface area contributed by atoms with Crippen LogP contribution in [0.5, 0.6) is 5.75 Å². The number of carbonyl (C=O) groups is 5. The van der Waals surface area contributed by atoms with Gasteiger partial charge in [0.15, 0.2) is 0 Å². The first kappa shape index (κ1) is 27.0. The van der Waals surface area contributed by atoms with Crippen molar-refractivity contribution in [1.82, 2.24) is 20.0 Å². The van der Waals surface area contributed by atoms with Crippen molar-refractivity contribution < 1.29 is 28.7 Å². The predicted octanol–water partition coefficient (Wildman–Crippen LogP) is 2.40. The van der Waals surface area contributed by atoms with Crippen molar-refractivity contribution in [3.63, 3.8) is 0 Å². The molecule has 214 valence electrons. The van der Waals surface area contributed by atoms with Gasteiger partial charge in [-0.2, -0.15) is 0 Å². The average molecular weight is 559 g/mol. The molecule has 3 atom stereocenters. The number of carbonyl (C=O) groups excluding carboxylic acids is 5. The van der Waals surface area contributed by atoms with Gasteiger partial charge in [-0.15, -0.1) is 0 Å². The summed E-state index contributed by atoms with van der Waals surface area (Å²) in [5.74, 6) is -0.384. The Balaban J connectivity index is 1.11. The lowest BCUT2D eigenvalue weighted by Crippen LogP contribution is -2.53. The van der Waals surface area contributed by atoms with Gasteiger partial charge in [-0.1, -0.05) is 30.3 Å². The van der Waals surface area contributed by atoms with Gasteiger partial charge in [0.2, 0.25) is 23.6 Å². The molecule has 0 aromatic heterocycles. The minimum absolute atomic E-state index is 0.0102. The minimum Gasteiger partial charge on any atom is -0.491 e. The average Bonchev–Trinajstić information content (AvgIpc) is 3.50. The monoisotopic (exact) mass is 558 g/mol. The second kappa shape index (κ2) is 11.3. The summed E-state index contributed by atoms with van der Waals surface area (Å²) in [6.45, 7) is 1.65. The zero-order valence-electron chi connectivity index (χ0n) is 22.9. The summed E-state index contributed by atoms with van der Waals surface area (Å²) in [5, 5.41) is 2.32. The lowest BCUT2D eigenvalue weighted by Gasteiger charge is -2.38. The van der Waals surface area contributed by atoms with Gasteiger partial charge in [-0.05, 0) is 61.4 Å². The number of nitrogens with zero attached hydrogens (tertiary/aromatic N) is 3. The smallest absolute Gasteiger partial charge is 0.255 e. The maximum Gasteiger partial charge on any atom is 0.255 e. The van der Waals surface area contributed by atoms with Crippen LogP contribution in [0.4, 0.5) is 0 Å². The zero-order valence-corrected chi connectivity index (χ0v) is 22.9. The summed E-state index contributed by atoms with van der Waals surface area (Å²) in [6, 6.07) is 13.8. The van der Waals surface area contributed by atoms with Crippen molar-refractivity contribution in [3.8, 4) is 5.75 Å². The fourth-order valence-corrected chi connectivity index (χ4v) is 6.46. The fraction of sp³-hybridized carbons (Fsp3) is 0.452. The van der Waals surface area contributed by atoms with E-state index in [0.717, 1.165) is 30.4 Å². The molecule has 10 heteroatoms. The molecule has 3 saturated heterocycles. The first-order valence-electron chi connectivity index (χ1n) is 14.4. The minimum atomic E-state index is -0.664. The number of likely N-dealkylation sites (tertiary alicyclic amines) is 2. The molecule has 0 bridgehead atoms. The molecule has 4 aliphatic heterocycles. The van der Waals surface area contributed by atoms with Crippen molar-refractivity contribution in [1.29, 1.82) is 0 Å². The van der Waals surface area contributed by atoms with Crippen molar-refractivity contribution in [3.05, 3.63) is 65.2 Å². The number of fused-ring (bicyclic) bond motifs is 1. The van der Waals surface area contributed by atoms with Crippen LogP contribution in [-0.2, 0) is 32.3 Å².